The molecule has 12 heteroatoms. The normalized spacial score (nSPS) is 16.9. The maximum Gasteiger partial charge on any atom is 0.245 e. The molecule has 4 aromatic rings. The molecule has 1 aromatic carbocycles. The van der Waals surface area contributed by atoms with Crippen LogP contribution in [-0.4, -0.2) is 74.3 Å². The molecule has 1 N–H and O–H groups in total. The van der Waals surface area contributed by atoms with Crippen molar-refractivity contribution in [2.75, 3.05) is 39.3 Å². The highest BCUT2D eigenvalue weighted by atomic mass is 35.5. The molecule has 6 rings (SSSR count). The lowest BCUT2D eigenvalue weighted by Crippen LogP contribution is -2.44. The molecular weight excluding hydrogens is 544 g/mol. The summed E-state index contributed by atoms with van der Waals surface area (Å²) in [4.78, 5) is 20.2. The van der Waals surface area contributed by atoms with E-state index in [4.69, 9.17) is 37.7 Å². The SMILES string of the molecule is CC1(Oc2ncnc3c2nc(-c2ccc(OCCN4CCNCC4)cc2Cl)n3Cc2nccc(Cl)c2F)CC1. The smallest absolute Gasteiger partial charge is 0.245 e. The second-order valence-corrected chi connectivity index (χ2v) is 10.9. The van der Waals surface area contributed by atoms with Crippen LogP contribution in [-0.2, 0) is 6.54 Å². The third-order valence-electron chi connectivity index (χ3n) is 7.09. The van der Waals surface area contributed by atoms with E-state index in [1.54, 1.807) is 10.6 Å². The third-order valence-corrected chi connectivity index (χ3v) is 7.69. The quantitative estimate of drug-likeness (QED) is 0.312. The van der Waals surface area contributed by atoms with Gasteiger partial charge in [0.25, 0.3) is 0 Å². The van der Waals surface area contributed by atoms with Crippen molar-refractivity contribution in [3.8, 4) is 23.0 Å². The van der Waals surface area contributed by atoms with Gasteiger partial charge in [0.2, 0.25) is 5.88 Å². The Morgan fingerprint density at radius 1 is 1.08 bits per heavy atom. The lowest BCUT2D eigenvalue weighted by atomic mass is 10.2. The van der Waals surface area contributed by atoms with Crippen LogP contribution in [0, 0.1) is 5.82 Å². The van der Waals surface area contributed by atoms with Crippen LogP contribution in [0.5, 0.6) is 11.6 Å². The molecule has 3 aromatic heterocycles. The number of imidazole rings is 1. The molecular formula is C27H28Cl2FN7O2. The van der Waals surface area contributed by atoms with E-state index >= 15 is 0 Å². The predicted octanol–water partition coefficient (Wildman–Crippen LogP) is 4.60. The number of hydrogen-bond donors (Lipinski definition) is 1. The number of hydrogen-bond acceptors (Lipinski definition) is 8. The minimum Gasteiger partial charge on any atom is -0.492 e. The molecule has 4 heterocycles. The maximum atomic E-state index is 14.9. The van der Waals surface area contributed by atoms with E-state index in [1.807, 2.05) is 19.1 Å². The Labute approximate surface area is 235 Å². The average molecular weight is 572 g/mol. The fourth-order valence-corrected chi connectivity index (χ4v) is 4.99. The predicted molar refractivity (Wildman–Crippen MR) is 147 cm³/mol. The highest BCUT2D eigenvalue weighted by Crippen LogP contribution is 2.41. The zero-order valence-corrected chi connectivity index (χ0v) is 23.0. The van der Waals surface area contributed by atoms with Gasteiger partial charge in [0, 0.05) is 44.5 Å². The van der Waals surface area contributed by atoms with Gasteiger partial charge in [-0.15, -0.1) is 0 Å². The van der Waals surface area contributed by atoms with Gasteiger partial charge in [-0.3, -0.25) is 9.88 Å². The zero-order chi connectivity index (χ0) is 27.0. The van der Waals surface area contributed by atoms with E-state index in [-0.39, 0.29) is 22.9 Å². The van der Waals surface area contributed by atoms with Crippen LogP contribution in [0.1, 0.15) is 25.5 Å². The van der Waals surface area contributed by atoms with Gasteiger partial charge >= 0.3 is 0 Å². The van der Waals surface area contributed by atoms with Gasteiger partial charge in [-0.25, -0.2) is 14.4 Å². The molecule has 2 fully saturated rings. The molecule has 0 atom stereocenters. The lowest BCUT2D eigenvalue weighted by Gasteiger charge is -2.26. The molecule has 0 bridgehead atoms. The number of rotatable bonds is 9. The first-order valence-electron chi connectivity index (χ1n) is 13.0. The first-order chi connectivity index (χ1) is 18.9. The highest BCUT2D eigenvalue weighted by Gasteiger charge is 2.41. The first kappa shape index (κ1) is 26.2. The van der Waals surface area contributed by atoms with Gasteiger partial charge in [0.1, 0.15) is 30.1 Å². The number of nitrogens with one attached hydrogen (secondary N) is 1. The largest absolute Gasteiger partial charge is 0.492 e. The van der Waals surface area contributed by atoms with Crippen molar-refractivity contribution in [2.24, 2.45) is 0 Å². The van der Waals surface area contributed by atoms with Crippen LogP contribution in [0.3, 0.4) is 0 Å². The molecule has 0 amide bonds. The van der Waals surface area contributed by atoms with E-state index in [0.717, 1.165) is 45.6 Å². The molecule has 1 aliphatic carbocycles. The van der Waals surface area contributed by atoms with Crippen molar-refractivity contribution in [3.63, 3.8) is 0 Å². The number of aromatic nitrogens is 5. The van der Waals surface area contributed by atoms with Gasteiger partial charge in [-0.1, -0.05) is 23.2 Å². The Bertz CT molecular complexity index is 1510. The van der Waals surface area contributed by atoms with Gasteiger partial charge in [-0.05, 0) is 44.0 Å². The molecule has 1 aliphatic heterocycles. The second kappa shape index (κ2) is 10.8. The van der Waals surface area contributed by atoms with Crippen molar-refractivity contribution in [3.05, 3.63) is 58.3 Å². The molecule has 1 saturated carbocycles. The van der Waals surface area contributed by atoms with Gasteiger partial charge in [0.05, 0.1) is 22.3 Å². The Hall–Kier alpha value is -3.05. The summed E-state index contributed by atoms with van der Waals surface area (Å²) in [6.45, 7) is 7.47. The van der Waals surface area contributed by atoms with Crippen LogP contribution in [0.15, 0.2) is 36.8 Å². The van der Waals surface area contributed by atoms with Crippen molar-refractivity contribution < 1.29 is 13.9 Å². The second-order valence-electron chi connectivity index (χ2n) is 10.1. The van der Waals surface area contributed by atoms with Crippen molar-refractivity contribution in [2.45, 2.75) is 31.9 Å². The number of fused-ring (bicyclic) bond motifs is 1. The average Bonchev–Trinajstić information content (AvgIpc) is 3.55. The standard InChI is InChI=1S/C27H28Cl2FN7O2/c1-27(5-6-27)39-26-23-25(33-16-34-26)37(15-21-22(30)19(28)4-7-32-21)24(35-23)18-3-2-17(14-20(18)29)38-13-12-36-10-8-31-9-11-36/h2-4,7,14,16,31H,5-6,8-13,15H2,1H3. The van der Waals surface area contributed by atoms with E-state index in [9.17, 15) is 4.39 Å². The van der Waals surface area contributed by atoms with E-state index in [2.05, 4.69) is 25.2 Å². The van der Waals surface area contributed by atoms with Crippen LogP contribution in [0.2, 0.25) is 10.0 Å². The van der Waals surface area contributed by atoms with Crippen molar-refractivity contribution in [1.29, 1.82) is 0 Å². The van der Waals surface area contributed by atoms with Gasteiger partial charge in [0.15, 0.2) is 17.0 Å². The van der Waals surface area contributed by atoms with Crippen LogP contribution in [0.25, 0.3) is 22.6 Å². The lowest BCUT2D eigenvalue weighted by molar-refractivity contribution is 0.191. The Morgan fingerprint density at radius 3 is 2.67 bits per heavy atom. The van der Waals surface area contributed by atoms with Crippen molar-refractivity contribution >= 4 is 34.4 Å². The summed E-state index contributed by atoms with van der Waals surface area (Å²) in [6, 6.07) is 6.88. The van der Waals surface area contributed by atoms with Gasteiger partial charge < -0.3 is 19.4 Å². The number of halogens is 3. The monoisotopic (exact) mass is 571 g/mol. The van der Waals surface area contributed by atoms with E-state index in [1.165, 1.54) is 18.6 Å². The molecule has 2 aliphatic rings. The summed E-state index contributed by atoms with van der Waals surface area (Å²) < 4.78 is 28.8. The summed E-state index contributed by atoms with van der Waals surface area (Å²) in [6.07, 6.45) is 4.76. The third kappa shape index (κ3) is 5.65. The molecule has 1 saturated heterocycles. The number of nitrogens with zero attached hydrogens (tertiary/aromatic N) is 6. The number of ether oxygens (including phenoxy) is 2. The highest BCUT2D eigenvalue weighted by molar-refractivity contribution is 6.33. The van der Waals surface area contributed by atoms with Gasteiger partial charge in [-0.2, -0.15) is 4.98 Å². The zero-order valence-electron chi connectivity index (χ0n) is 21.5. The molecule has 0 radical (unpaired) electrons. The topological polar surface area (TPSA) is 90.2 Å². The molecule has 0 spiro atoms. The molecule has 0 unspecified atom stereocenters. The first-order valence-corrected chi connectivity index (χ1v) is 13.7. The summed E-state index contributed by atoms with van der Waals surface area (Å²) in [7, 11) is 0. The summed E-state index contributed by atoms with van der Waals surface area (Å²) in [5.41, 5.74) is 1.47. The molecule has 204 valence electrons. The molecule has 39 heavy (non-hydrogen) atoms. The summed E-state index contributed by atoms with van der Waals surface area (Å²) in [5, 5.41) is 3.78. The van der Waals surface area contributed by atoms with Crippen LogP contribution in [0.4, 0.5) is 4.39 Å². The van der Waals surface area contributed by atoms with Crippen LogP contribution >= 0.6 is 23.2 Å². The van der Waals surface area contributed by atoms with Crippen molar-refractivity contribution in [1.82, 2.24) is 34.7 Å². The molecule has 9 nitrogen and oxygen atoms in total. The Balaban J connectivity index is 1.34. The summed E-state index contributed by atoms with van der Waals surface area (Å²) >= 11 is 12.8. The maximum absolute atomic E-state index is 14.9. The minimum absolute atomic E-state index is 0.00775. The van der Waals surface area contributed by atoms with E-state index in [0.29, 0.717) is 45.8 Å². The van der Waals surface area contributed by atoms with Crippen LogP contribution < -0.4 is 14.8 Å². The number of benzene rings is 1. The summed E-state index contributed by atoms with van der Waals surface area (Å²) in [5.74, 6) is 0.926. The minimum atomic E-state index is -0.595. The Morgan fingerprint density at radius 2 is 1.90 bits per heavy atom. The number of piperazine rings is 1. The number of pyridine rings is 1. The fraction of sp³-hybridized carbons (Fsp3) is 0.407. The fourth-order valence-electron chi connectivity index (χ4n) is 4.57. The van der Waals surface area contributed by atoms with E-state index < -0.39 is 5.82 Å². The Kier molecular flexibility index (Phi) is 7.28.